The first-order chi connectivity index (χ1) is 56.1. The van der Waals surface area contributed by atoms with Gasteiger partial charge in [0.2, 0.25) is 0 Å². The lowest BCUT2D eigenvalue weighted by molar-refractivity contribution is 0.590. The highest BCUT2D eigenvalue weighted by Crippen LogP contribution is 2.53. The molecule has 0 unspecified atom stereocenters. The van der Waals surface area contributed by atoms with Crippen LogP contribution in [0.2, 0.25) is 0 Å². The molecule has 0 atom stereocenters. The fourth-order valence-corrected chi connectivity index (χ4v) is 17.8. The van der Waals surface area contributed by atoms with Gasteiger partial charge in [-0.2, -0.15) is 10.5 Å². The molecule has 15 aromatic carbocycles. The van der Waals surface area contributed by atoms with Crippen LogP contribution in [-0.4, -0.2) is 78.6 Å². The van der Waals surface area contributed by atoms with Gasteiger partial charge < -0.3 is 23.8 Å². The van der Waals surface area contributed by atoms with Crippen molar-refractivity contribution >= 4 is 224 Å². The van der Waals surface area contributed by atoms with Crippen molar-refractivity contribution in [3.63, 3.8) is 0 Å². The van der Waals surface area contributed by atoms with E-state index in [4.69, 9.17) is 62.8 Å². The smallest absolute Gasteiger partial charge is 0.252 e. The second kappa shape index (κ2) is 27.9. The molecule has 0 N–H and O–H groups in total. The van der Waals surface area contributed by atoms with Crippen molar-refractivity contribution in [1.29, 1.82) is 10.5 Å². The first-order valence-corrected chi connectivity index (χ1v) is 38.9. The van der Waals surface area contributed by atoms with Crippen molar-refractivity contribution in [2.45, 2.75) is 52.4 Å². The molecule has 2 aliphatic rings. The fraction of sp³-hybridized carbons (Fsp3) is 0.0800. The Kier molecular flexibility index (Phi) is 17.5. The van der Waals surface area contributed by atoms with E-state index in [1.807, 2.05) is 65.2 Å². The number of anilines is 9. The minimum atomic E-state index is -0.544. The zero-order valence-electron chi connectivity index (χ0n) is 65.0. The van der Waals surface area contributed by atoms with Crippen LogP contribution in [0.3, 0.4) is 0 Å². The zero-order valence-corrected chi connectivity index (χ0v) is 65.0. The van der Waals surface area contributed by atoms with Crippen molar-refractivity contribution in [1.82, 2.24) is 9.13 Å². The lowest BCUT2D eigenvalue weighted by Gasteiger charge is -2.45. The molecular weight excluding hydrogens is 1400 g/mol. The molecule has 116 heavy (non-hydrogen) atoms. The predicted molar refractivity (Wildman–Crippen MR) is 496 cm³/mol. The summed E-state index contributed by atoms with van der Waals surface area (Å²) in [6.07, 6.45) is 0. The molecule has 0 saturated heterocycles. The third-order valence-corrected chi connectivity index (χ3v) is 23.6. The molecule has 7 nitrogen and oxygen atoms in total. The first kappa shape index (κ1) is 73.1. The monoisotopic (exact) mass is 1460 g/mol. The van der Waals surface area contributed by atoms with Gasteiger partial charge in [-0.3, -0.25) is 0 Å². The number of rotatable bonds is 11. The van der Waals surface area contributed by atoms with Gasteiger partial charge in [0, 0.05) is 89.6 Å². The number of para-hydroxylation sites is 4. The van der Waals surface area contributed by atoms with E-state index in [1.165, 1.54) is 0 Å². The summed E-state index contributed by atoms with van der Waals surface area (Å²) in [5.74, 6) is 0. The predicted octanol–water partition coefficient (Wildman–Crippen LogP) is 14.8. The molecule has 0 bridgehead atoms. The molecule has 4 heterocycles. The highest BCUT2D eigenvalue weighted by atomic mass is 15.2. The number of nitrogens with zero attached hydrogens (tertiary/aromatic N) is 7. The summed E-state index contributed by atoms with van der Waals surface area (Å²) in [6.45, 7) is 13.0. The van der Waals surface area contributed by atoms with E-state index in [2.05, 4.69) is 303 Å². The maximum absolute atomic E-state index is 11.9. The number of hydrogen-bond donors (Lipinski definition) is 0. The summed E-state index contributed by atoms with van der Waals surface area (Å²) in [5.41, 5.74) is 25.9. The molecule has 16 radical (unpaired) electrons. The molecule has 0 amide bonds. The van der Waals surface area contributed by atoms with Crippen molar-refractivity contribution in [3.05, 3.63) is 313 Å². The summed E-state index contributed by atoms with van der Waals surface area (Å²) in [7, 11) is 56.6. The standard InChI is InChI=1S/C100H66B9N7/c1-99(2,3)63-38-45-80(73(51-63)58-23-11-7-12-24-58)115-82-48-60(72-47-57(55-110)35-44-79(72)112(65-27-15-9-16-28-65)66-29-17-10-18-30-66)37-42-75(82)109-76-43-41-68(114-97-86(88(101)90(103)92(105)94(97)107)87-89(102)91(104)93(106)95(108)98(87)114)54-83(76)116(81-46-39-64(100(4,5)6)52-74(81)59-25-13-8-14-26-59)85-50-62(49-84(115)96(85)109)71-53-67(40-36-61(71)56-111)113-77-33-21-19-31-69(77)70-32-20-22-34-78(70)113/h7-54H,1-6H3. The number of nitriles is 2. The second-order valence-corrected chi connectivity index (χ2v) is 32.4. The van der Waals surface area contributed by atoms with Crippen LogP contribution in [0.4, 0.5) is 51.2 Å². The van der Waals surface area contributed by atoms with Crippen LogP contribution in [0.15, 0.2) is 291 Å². The lowest BCUT2D eigenvalue weighted by atomic mass is 9.33. The summed E-state index contributed by atoms with van der Waals surface area (Å²) in [4.78, 5) is 7.14. The fourth-order valence-electron chi connectivity index (χ4n) is 17.8. The summed E-state index contributed by atoms with van der Waals surface area (Å²) in [5, 5.41) is 26.0. The minimum absolute atomic E-state index is 0.0848. The van der Waals surface area contributed by atoms with Crippen LogP contribution in [0.1, 0.15) is 63.8 Å². The SMILES string of the molecule is [B]c1c([B])c([B])c2c(c1[B])c1c([B])c([B])c([B])c([B])c1n2-c1ccc2c(c1)N(c1ccc(C(C)(C)C)cc1-c1ccccc1)c1cc(-c3cc(-n4c5ccccc5c5ccccc54)ccc3C#N)cc3c1B2c1ccc(-c2cc(C#N)ccc2N(c2ccccc2)c2ccccc2)cc1N3c1ccc(C(C)(C)C)cc1-c1ccccc1. The number of fused-ring (bicyclic) bond motifs is 10. The molecule has 19 rings (SSSR count). The van der Waals surface area contributed by atoms with Crippen LogP contribution in [-0.2, 0) is 10.8 Å². The van der Waals surface area contributed by atoms with Crippen LogP contribution < -0.4 is 74.8 Å². The molecule has 16 heteroatoms. The Morgan fingerprint density at radius 1 is 0.328 bits per heavy atom. The quantitative estimate of drug-likeness (QED) is 0.121. The van der Waals surface area contributed by atoms with Crippen molar-refractivity contribution < 1.29 is 0 Å². The van der Waals surface area contributed by atoms with Crippen LogP contribution in [0.5, 0.6) is 0 Å². The maximum atomic E-state index is 11.9. The largest absolute Gasteiger partial charge is 0.311 e. The van der Waals surface area contributed by atoms with Gasteiger partial charge in [-0.1, -0.05) is 227 Å². The average Bonchev–Trinajstić information content (AvgIpc) is 0.825. The van der Waals surface area contributed by atoms with Gasteiger partial charge in [-0.05, 0) is 199 Å². The molecule has 0 saturated carbocycles. The van der Waals surface area contributed by atoms with Crippen LogP contribution in [0, 0.1) is 22.7 Å². The zero-order chi connectivity index (χ0) is 80.1. The topological polar surface area (TPSA) is 67.2 Å². The highest BCUT2D eigenvalue weighted by molar-refractivity contribution is 7.00. The van der Waals surface area contributed by atoms with E-state index in [9.17, 15) is 10.5 Å². The highest BCUT2D eigenvalue weighted by Gasteiger charge is 2.46. The summed E-state index contributed by atoms with van der Waals surface area (Å²) < 4.78 is 4.25. The van der Waals surface area contributed by atoms with E-state index in [-0.39, 0.29) is 54.5 Å². The van der Waals surface area contributed by atoms with E-state index in [0.29, 0.717) is 44.2 Å². The number of benzene rings is 15. The van der Waals surface area contributed by atoms with Gasteiger partial charge >= 0.3 is 0 Å². The van der Waals surface area contributed by atoms with Crippen molar-refractivity contribution in [2.24, 2.45) is 0 Å². The Labute approximate surface area is 687 Å². The lowest BCUT2D eigenvalue weighted by Crippen LogP contribution is -2.61. The third kappa shape index (κ3) is 11.6. The van der Waals surface area contributed by atoms with Crippen molar-refractivity contribution in [2.75, 3.05) is 14.7 Å². The minimum Gasteiger partial charge on any atom is -0.311 e. The summed E-state index contributed by atoms with van der Waals surface area (Å²) >= 11 is 0. The second-order valence-electron chi connectivity index (χ2n) is 32.4. The van der Waals surface area contributed by atoms with Crippen LogP contribution >= 0.6 is 0 Å². The third-order valence-electron chi connectivity index (χ3n) is 23.6. The van der Waals surface area contributed by atoms with Gasteiger partial charge in [-0.25, -0.2) is 0 Å². The van der Waals surface area contributed by atoms with Crippen molar-refractivity contribution in [3.8, 4) is 68.0 Å². The molecule has 0 aliphatic carbocycles. The van der Waals surface area contributed by atoms with Gasteiger partial charge in [-0.15, -0.1) is 21.9 Å². The summed E-state index contributed by atoms with van der Waals surface area (Å²) in [6, 6.07) is 108. The van der Waals surface area contributed by atoms with Crippen LogP contribution in [0.25, 0.3) is 99.5 Å². The molecule has 2 aromatic heterocycles. The Hall–Kier alpha value is -13.1. The Balaban J connectivity index is 0.995. The number of hydrogen-bond acceptors (Lipinski definition) is 5. The van der Waals surface area contributed by atoms with Gasteiger partial charge in [0.05, 0.1) is 51.4 Å². The maximum Gasteiger partial charge on any atom is 0.252 e. The Morgan fingerprint density at radius 3 is 1.26 bits per heavy atom. The van der Waals surface area contributed by atoms with E-state index in [1.54, 1.807) is 0 Å². The normalized spacial score (nSPS) is 12.4. The molecule has 0 fully saturated rings. The molecular formula is C100H66B9N7. The van der Waals surface area contributed by atoms with E-state index in [0.717, 1.165) is 145 Å². The van der Waals surface area contributed by atoms with E-state index < -0.39 is 6.71 Å². The van der Waals surface area contributed by atoms with Gasteiger partial charge in [0.15, 0.2) is 0 Å². The molecule has 0 spiro atoms. The molecule has 17 aromatic rings. The van der Waals surface area contributed by atoms with Gasteiger partial charge in [0.1, 0.15) is 62.8 Å². The first-order valence-electron chi connectivity index (χ1n) is 38.9. The Morgan fingerprint density at radius 2 is 0.767 bits per heavy atom. The van der Waals surface area contributed by atoms with Gasteiger partial charge in [0.25, 0.3) is 6.71 Å². The Bertz CT molecular complexity index is 6900. The molecule has 2 aliphatic heterocycles. The number of aromatic nitrogens is 2. The van der Waals surface area contributed by atoms with E-state index >= 15 is 0 Å². The molecule has 528 valence electrons. The average molecular weight is 1460 g/mol.